The summed E-state index contributed by atoms with van der Waals surface area (Å²) >= 11 is 0. The third-order valence-corrected chi connectivity index (χ3v) is 19.3. The Kier molecular flexibility index (Phi) is 16.0. The summed E-state index contributed by atoms with van der Waals surface area (Å²) < 4.78 is 64.0. The first-order valence-electron chi connectivity index (χ1n) is 22.2. The molecular formula is C50H65N4O10PSi. The molecule has 16 heteroatoms. The second-order valence-corrected chi connectivity index (χ2v) is 25.1. The van der Waals surface area contributed by atoms with Crippen molar-refractivity contribution in [2.24, 2.45) is 0 Å². The number of aromatic nitrogens is 2. The monoisotopic (exact) mass is 940 g/mol. The fourth-order valence-electron chi connectivity index (χ4n) is 8.08. The topological polar surface area (TPSA) is 149 Å². The van der Waals surface area contributed by atoms with Crippen LogP contribution in [-0.2, 0) is 33.1 Å². The molecule has 1 N–H and O–H groups in total. The van der Waals surface area contributed by atoms with Crippen molar-refractivity contribution < 1.29 is 41.8 Å². The molecular weight excluding hydrogens is 876 g/mol. The number of nitrogens with zero attached hydrogens (tertiary/aromatic N) is 3. The largest absolute Gasteiger partial charge is 0.497 e. The van der Waals surface area contributed by atoms with Gasteiger partial charge in [-0.2, -0.15) is 4.98 Å². The van der Waals surface area contributed by atoms with Crippen LogP contribution in [0.15, 0.2) is 126 Å². The number of anilines is 1. The van der Waals surface area contributed by atoms with Crippen LogP contribution >= 0.6 is 7.75 Å². The molecule has 0 aliphatic carbocycles. The lowest BCUT2D eigenvalue weighted by atomic mass is 9.80. The van der Waals surface area contributed by atoms with Crippen LogP contribution in [0, 0.1) is 0 Å². The van der Waals surface area contributed by atoms with Gasteiger partial charge in [-0.1, -0.05) is 93.6 Å². The first kappa shape index (κ1) is 50.4. The normalized spacial score (nSPS) is 19.0. The lowest BCUT2D eigenvalue weighted by Gasteiger charge is -2.42. The molecule has 4 aromatic carbocycles. The number of ether oxygens (including phenoxy) is 4. The van der Waals surface area contributed by atoms with Gasteiger partial charge in [0.1, 0.15) is 41.2 Å². The molecule has 1 amide bonds. The number of amides is 1. The van der Waals surface area contributed by atoms with Crippen LogP contribution in [0.25, 0.3) is 0 Å². The Balaban J connectivity index is 1.53. The average molecular weight is 941 g/mol. The van der Waals surface area contributed by atoms with E-state index in [4.69, 9.17) is 32.4 Å². The molecule has 1 aliphatic rings. The van der Waals surface area contributed by atoms with E-state index in [9.17, 15) is 9.59 Å². The minimum atomic E-state index is -4.14. The highest BCUT2D eigenvalue weighted by molar-refractivity contribution is 7.51. The van der Waals surface area contributed by atoms with Gasteiger partial charge in [-0.05, 0) is 105 Å². The van der Waals surface area contributed by atoms with Crippen molar-refractivity contribution in [1.82, 2.24) is 14.2 Å². The van der Waals surface area contributed by atoms with E-state index in [0.717, 1.165) is 16.7 Å². The third-order valence-electron chi connectivity index (χ3n) is 12.4. The summed E-state index contributed by atoms with van der Waals surface area (Å²) in [6.07, 6.45) is -2.86. The first-order chi connectivity index (χ1) is 31.3. The highest BCUT2D eigenvalue weighted by Gasteiger charge is 2.56. The second kappa shape index (κ2) is 20.9. The minimum Gasteiger partial charge on any atom is -0.497 e. The molecule has 66 heavy (non-hydrogen) atoms. The van der Waals surface area contributed by atoms with Gasteiger partial charge in [0.25, 0.3) is 5.91 Å². The molecule has 0 saturated carbocycles. The molecule has 1 aromatic heterocycles. The van der Waals surface area contributed by atoms with Crippen LogP contribution in [0.3, 0.4) is 0 Å². The zero-order valence-electron chi connectivity index (χ0n) is 40.1. The highest BCUT2D eigenvalue weighted by Crippen LogP contribution is 2.57. The standard InChI is InChI=1S/C50H65N4O10PSi/c1-34(2)54(35(3)4)65(57,60-10)63-44-42(33-61-50(37-21-17-14-18-22-37,38-23-27-40(58-8)28-24-38)39-25-29-41(59-9)30-26-39)62-47(45(44)64-66(11,12)49(5,6)7)53-32-31-43(52-48(53)56)51-46(55)36-19-15-13-16-20-36/h13-32,34-35,42,44-45,47H,33H2,1-12H3,(H,51,52,55,56)/t42-,44-,45-,47-,65?/m1/s1. The molecule has 354 valence electrons. The maximum absolute atomic E-state index is 15.3. The number of hydrogen-bond acceptors (Lipinski definition) is 11. The van der Waals surface area contributed by atoms with Crippen LogP contribution in [0.4, 0.5) is 5.82 Å². The summed E-state index contributed by atoms with van der Waals surface area (Å²) in [5.41, 5.74) is 0.786. The van der Waals surface area contributed by atoms with E-state index in [2.05, 4.69) is 44.2 Å². The number of hydrogen-bond donors (Lipinski definition) is 1. The Hall–Kier alpha value is -4.96. The Morgan fingerprint density at radius 3 is 1.77 bits per heavy atom. The Morgan fingerprint density at radius 2 is 1.30 bits per heavy atom. The number of nitrogens with one attached hydrogen (secondary N) is 1. The van der Waals surface area contributed by atoms with Crippen molar-refractivity contribution in [3.05, 3.63) is 154 Å². The van der Waals surface area contributed by atoms with Gasteiger partial charge in [0, 0.05) is 31.0 Å². The Labute approximate surface area is 390 Å². The molecule has 5 aromatic rings. The van der Waals surface area contributed by atoms with E-state index in [1.165, 1.54) is 23.9 Å². The quantitative estimate of drug-likeness (QED) is 0.0477. The van der Waals surface area contributed by atoms with Crippen LogP contribution in [0.1, 0.15) is 81.7 Å². The molecule has 2 heterocycles. The van der Waals surface area contributed by atoms with Gasteiger partial charge in [-0.25, -0.2) is 14.0 Å². The van der Waals surface area contributed by atoms with Crippen molar-refractivity contribution in [1.29, 1.82) is 0 Å². The summed E-state index contributed by atoms with van der Waals surface area (Å²) in [4.78, 5) is 31.7. The highest BCUT2D eigenvalue weighted by atomic mass is 31.2. The van der Waals surface area contributed by atoms with Crippen molar-refractivity contribution in [2.75, 3.05) is 33.3 Å². The smallest absolute Gasteiger partial charge is 0.408 e. The minimum absolute atomic E-state index is 0.0534. The van der Waals surface area contributed by atoms with E-state index in [-0.39, 0.29) is 29.5 Å². The van der Waals surface area contributed by atoms with Crippen molar-refractivity contribution in [3.8, 4) is 11.5 Å². The number of benzene rings is 4. The van der Waals surface area contributed by atoms with Crippen molar-refractivity contribution in [3.63, 3.8) is 0 Å². The Bertz CT molecular complexity index is 2430. The molecule has 6 rings (SSSR count). The lowest BCUT2D eigenvalue weighted by Crippen LogP contribution is -2.51. The van der Waals surface area contributed by atoms with E-state index in [0.29, 0.717) is 17.1 Å². The summed E-state index contributed by atoms with van der Waals surface area (Å²) in [6, 6.07) is 34.8. The van der Waals surface area contributed by atoms with Gasteiger partial charge in [-0.15, -0.1) is 0 Å². The molecule has 1 aliphatic heterocycles. The van der Waals surface area contributed by atoms with Gasteiger partial charge in [-0.3, -0.25) is 18.4 Å². The number of carbonyl (C=O) groups excluding carboxylic acids is 1. The average Bonchev–Trinajstić information content (AvgIpc) is 3.61. The molecule has 0 bridgehead atoms. The number of methoxy groups -OCH3 is 2. The van der Waals surface area contributed by atoms with Gasteiger partial charge >= 0.3 is 13.4 Å². The fourth-order valence-corrected chi connectivity index (χ4v) is 11.4. The van der Waals surface area contributed by atoms with Crippen molar-refractivity contribution >= 4 is 27.8 Å². The van der Waals surface area contributed by atoms with Crippen LogP contribution in [0.5, 0.6) is 11.5 Å². The fraction of sp³-hybridized carbons (Fsp3) is 0.420. The summed E-state index contributed by atoms with van der Waals surface area (Å²) in [5.74, 6) is 0.957. The zero-order valence-corrected chi connectivity index (χ0v) is 42.0. The number of carbonyl (C=O) groups is 1. The lowest BCUT2D eigenvalue weighted by molar-refractivity contribution is -0.0950. The summed E-state index contributed by atoms with van der Waals surface area (Å²) in [5, 5.41) is 2.41. The molecule has 5 atom stereocenters. The van der Waals surface area contributed by atoms with Gasteiger partial charge in [0.05, 0.1) is 20.8 Å². The van der Waals surface area contributed by atoms with Gasteiger partial charge in [0.2, 0.25) is 0 Å². The molecule has 1 unspecified atom stereocenters. The molecule has 1 saturated heterocycles. The SMILES string of the molecule is COc1ccc(C(OC[C@H]2O[C@@H](n3ccc(NC(=O)c4ccccc4)nc3=O)[C@H](O[Si](C)(C)C(C)(C)C)[C@@H]2OP(=O)(OC)N(C(C)C)C(C)C)(c2ccccc2)c2ccc(OC)cc2)cc1. The maximum atomic E-state index is 15.3. The van der Waals surface area contributed by atoms with Crippen molar-refractivity contribution in [2.45, 2.75) is 109 Å². The molecule has 14 nitrogen and oxygen atoms in total. The molecule has 0 radical (unpaired) electrons. The van der Waals surface area contributed by atoms with E-state index in [1.54, 1.807) is 43.2 Å². The second-order valence-electron chi connectivity index (χ2n) is 18.3. The summed E-state index contributed by atoms with van der Waals surface area (Å²) in [7, 11) is -2.30. The van der Waals surface area contributed by atoms with E-state index < -0.39 is 57.8 Å². The molecule has 0 spiro atoms. The van der Waals surface area contributed by atoms with Gasteiger partial charge in [0.15, 0.2) is 14.5 Å². The van der Waals surface area contributed by atoms with E-state index in [1.807, 2.05) is 113 Å². The third kappa shape index (κ3) is 10.7. The van der Waals surface area contributed by atoms with Crippen LogP contribution in [0.2, 0.25) is 18.1 Å². The predicted molar refractivity (Wildman–Crippen MR) is 259 cm³/mol. The maximum Gasteiger partial charge on any atom is 0.408 e. The van der Waals surface area contributed by atoms with E-state index >= 15 is 4.57 Å². The van der Waals surface area contributed by atoms with Gasteiger partial charge < -0.3 is 28.7 Å². The van der Waals surface area contributed by atoms with Crippen LogP contribution in [-0.4, -0.2) is 86.8 Å². The first-order valence-corrected chi connectivity index (χ1v) is 26.6. The Morgan fingerprint density at radius 1 is 0.788 bits per heavy atom. The predicted octanol–water partition coefficient (Wildman–Crippen LogP) is 10.1. The summed E-state index contributed by atoms with van der Waals surface area (Å²) in [6.45, 7) is 18.0. The molecule has 1 fully saturated rings. The van der Waals surface area contributed by atoms with Crippen LogP contribution < -0.4 is 20.5 Å². The zero-order chi connectivity index (χ0) is 48.0. The number of rotatable bonds is 19.